The first kappa shape index (κ1) is 14.6. The normalized spacial score (nSPS) is 11.3. The van der Waals surface area contributed by atoms with Crippen LogP contribution >= 0.6 is 0 Å². The second-order valence-electron chi connectivity index (χ2n) is 5.03. The second kappa shape index (κ2) is 7.11. The molecule has 0 saturated heterocycles. The van der Waals surface area contributed by atoms with Gasteiger partial charge in [0.2, 0.25) is 5.91 Å². The summed E-state index contributed by atoms with van der Waals surface area (Å²) in [6.45, 7) is 7.24. The van der Waals surface area contributed by atoms with Gasteiger partial charge < -0.3 is 10.6 Å². The maximum Gasteiger partial charge on any atom is 0.234 e. The van der Waals surface area contributed by atoms with Crippen LogP contribution in [0.5, 0.6) is 0 Å². The Labute approximate surface area is 109 Å². The van der Waals surface area contributed by atoms with Crippen molar-refractivity contribution in [2.75, 3.05) is 13.1 Å². The van der Waals surface area contributed by atoms with Crippen molar-refractivity contribution in [3.8, 4) is 0 Å². The Morgan fingerprint density at radius 1 is 1.39 bits per heavy atom. The Hall–Kier alpha value is -1.42. The van der Waals surface area contributed by atoms with Gasteiger partial charge in [-0.25, -0.2) is 0 Å². The van der Waals surface area contributed by atoms with Gasteiger partial charge in [0.1, 0.15) is 0 Å². The molecule has 1 rings (SSSR count). The smallest absolute Gasteiger partial charge is 0.234 e. The van der Waals surface area contributed by atoms with Crippen LogP contribution in [0.1, 0.15) is 32.9 Å². The van der Waals surface area contributed by atoms with E-state index in [2.05, 4.69) is 22.5 Å². The minimum absolute atomic E-state index is 0.0443. The van der Waals surface area contributed by atoms with Gasteiger partial charge >= 0.3 is 0 Å². The summed E-state index contributed by atoms with van der Waals surface area (Å²) in [4.78, 5) is 15.9. The van der Waals surface area contributed by atoms with Crippen LogP contribution in [0.4, 0.5) is 0 Å². The molecule has 4 nitrogen and oxygen atoms in total. The average molecular weight is 249 g/mol. The van der Waals surface area contributed by atoms with Crippen molar-refractivity contribution in [2.24, 2.45) is 0 Å². The number of rotatable bonds is 7. The molecule has 2 N–H and O–H groups in total. The summed E-state index contributed by atoms with van der Waals surface area (Å²) in [5, 5.41) is 6.12. The molecule has 0 atom stereocenters. The van der Waals surface area contributed by atoms with E-state index in [0.717, 1.165) is 25.1 Å². The fourth-order valence-corrected chi connectivity index (χ4v) is 1.47. The van der Waals surface area contributed by atoms with Gasteiger partial charge in [-0.1, -0.05) is 13.0 Å². The number of nitrogens with zero attached hydrogens (tertiary/aromatic N) is 1. The lowest BCUT2D eigenvalue weighted by molar-refractivity contribution is -0.121. The van der Waals surface area contributed by atoms with Crippen molar-refractivity contribution < 1.29 is 4.79 Å². The molecule has 0 aliphatic carbocycles. The largest absolute Gasteiger partial charge is 0.350 e. The van der Waals surface area contributed by atoms with Gasteiger partial charge in [0, 0.05) is 30.4 Å². The Kier molecular flexibility index (Phi) is 5.78. The van der Waals surface area contributed by atoms with E-state index in [1.165, 1.54) is 0 Å². The van der Waals surface area contributed by atoms with Crippen LogP contribution in [0.3, 0.4) is 0 Å². The van der Waals surface area contributed by atoms with Crippen LogP contribution in [-0.2, 0) is 11.2 Å². The van der Waals surface area contributed by atoms with Crippen LogP contribution in [0.25, 0.3) is 0 Å². The fourth-order valence-electron chi connectivity index (χ4n) is 1.47. The van der Waals surface area contributed by atoms with E-state index in [-0.39, 0.29) is 11.4 Å². The van der Waals surface area contributed by atoms with Crippen molar-refractivity contribution >= 4 is 5.91 Å². The summed E-state index contributed by atoms with van der Waals surface area (Å²) in [5.74, 6) is 0.0443. The fraction of sp³-hybridized carbons (Fsp3) is 0.571. The number of carbonyl (C=O) groups is 1. The average Bonchev–Trinajstić information content (AvgIpc) is 2.35. The van der Waals surface area contributed by atoms with Gasteiger partial charge in [-0.3, -0.25) is 9.78 Å². The van der Waals surface area contributed by atoms with E-state index in [9.17, 15) is 4.79 Å². The van der Waals surface area contributed by atoms with E-state index in [1.54, 1.807) is 6.20 Å². The number of pyridine rings is 1. The van der Waals surface area contributed by atoms with Crippen molar-refractivity contribution in [3.05, 3.63) is 30.1 Å². The van der Waals surface area contributed by atoms with Gasteiger partial charge in [-0.05, 0) is 32.4 Å². The van der Waals surface area contributed by atoms with Gasteiger partial charge in [0.05, 0.1) is 6.54 Å². The summed E-state index contributed by atoms with van der Waals surface area (Å²) >= 11 is 0. The van der Waals surface area contributed by atoms with Gasteiger partial charge in [0.15, 0.2) is 0 Å². The van der Waals surface area contributed by atoms with Gasteiger partial charge in [-0.2, -0.15) is 0 Å². The Morgan fingerprint density at radius 3 is 2.78 bits per heavy atom. The molecule has 1 aromatic heterocycles. The zero-order valence-corrected chi connectivity index (χ0v) is 11.5. The highest BCUT2D eigenvalue weighted by atomic mass is 16.2. The molecule has 1 amide bonds. The number of nitrogens with one attached hydrogen (secondary N) is 2. The van der Waals surface area contributed by atoms with Crippen LogP contribution in [0, 0.1) is 0 Å². The Balaban J connectivity index is 2.17. The molecule has 0 spiro atoms. The maximum atomic E-state index is 11.6. The second-order valence-corrected chi connectivity index (χ2v) is 5.03. The zero-order chi connectivity index (χ0) is 13.4. The lowest BCUT2D eigenvalue weighted by Crippen LogP contribution is -2.46. The first-order valence-corrected chi connectivity index (χ1v) is 6.45. The molecule has 0 bridgehead atoms. The molecule has 0 fully saturated rings. The van der Waals surface area contributed by atoms with E-state index < -0.39 is 0 Å². The summed E-state index contributed by atoms with van der Waals surface area (Å²) in [6.07, 6.45) is 3.55. The highest BCUT2D eigenvalue weighted by Crippen LogP contribution is 2.05. The van der Waals surface area contributed by atoms with Crippen LogP contribution in [0.15, 0.2) is 24.4 Å². The molecule has 0 aromatic carbocycles. The molecule has 0 aliphatic heterocycles. The lowest BCUT2D eigenvalue weighted by atomic mass is 10.0. The van der Waals surface area contributed by atoms with Crippen molar-refractivity contribution in [2.45, 2.75) is 39.2 Å². The summed E-state index contributed by atoms with van der Waals surface area (Å²) < 4.78 is 0. The number of amides is 1. The number of hydrogen-bond donors (Lipinski definition) is 2. The number of aromatic nitrogens is 1. The van der Waals surface area contributed by atoms with Gasteiger partial charge in [0.25, 0.3) is 0 Å². The third-order valence-electron chi connectivity index (χ3n) is 2.93. The predicted octanol–water partition coefficient (Wildman–Crippen LogP) is 1.52. The lowest BCUT2D eigenvalue weighted by Gasteiger charge is -2.24. The number of carbonyl (C=O) groups excluding carboxylic acids is 1. The van der Waals surface area contributed by atoms with E-state index >= 15 is 0 Å². The first-order chi connectivity index (χ1) is 8.53. The molecular formula is C14H23N3O. The summed E-state index contributed by atoms with van der Waals surface area (Å²) in [6, 6.07) is 5.86. The van der Waals surface area contributed by atoms with Crippen LogP contribution in [-0.4, -0.2) is 29.5 Å². The highest BCUT2D eigenvalue weighted by molar-refractivity contribution is 5.78. The first-order valence-electron chi connectivity index (χ1n) is 6.45. The molecule has 4 heteroatoms. The van der Waals surface area contributed by atoms with Crippen LogP contribution < -0.4 is 10.6 Å². The maximum absolute atomic E-state index is 11.6. The number of hydrogen-bond acceptors (Lipinski definition) is 3. The minimum Gasteiger partial charge on any atom is -0.350 e. The van der Waals surface area contributed by atoms with Crippen molar-refractivity contribution in [3.63, 3.8) is 0 Å². The van der Waals surface area contributed by atoms with E-state index in [4.69, 9.17) is 0 Å². The van der Waals surface area contributed by atoms with Crippen LogP contribution in [0.2, 0.25) is 0 Å². The Morgan fingerprint density at radius 2 is 2.17 bits per heavy atom. The monoisotopic (exact) mass is 249 g/mol. The molecule has 0 unspecified atom stereocenters. The summed E-state index contributed by atoms with van der Waals surface area (Å²) in [5.41, 5.74) is 0.916. The molecule has 1 aromatic rings. The SMILES string of the molecule is CCC(C)(C)NC(=O)CNCCc1ccccn1. The highest BCUT2D eigenvalue weighted by Gasteiger charge is 2.16. The van der Waals surface area contributed by atoms with Gasteiger partial charge in [-0.15, -0.1) is 0 Å². The molecule has 1 heterocycles. The minimum atomic E-state index is -0.125. The standard InChI is InChI=1S/C14H23N3O/c1-4-14(2,3)17-13(18)11-15-10-8-12-7-5-6-9-16-12/h5-7,9,15H,4,8,10-11H2,1-3H3,(H,17,18). The third kappa shape index (κ3) is 5.77. The topological polar surface area (TPSA) is 54.0 Å². The summed E-state index contributed by atoms with van der Waals surface area (Å²) in [7, 11) is 0. The predicted molar refractivity (Wildman–Crippen MR) is 73.3 cm³/mol. The Bertz CT molecular complexity index is 363. The van der Waals surface area contributed by atoms with E-state index in [0.29, 0.717) is 6.54 Å². The van der Waals surface area contributed by atoms with Crippen molar-refractivity contribution in [1.82, 2.24) is 15.6 Å². The quantitative estimate of drug-likeness (QED) is 0.720. The molecular weight excluding hydrogens is 226 g/mol. The zero-order valence-electron chi connectivity index (χ0n) is 11.5. The van der Waals surface area contributed by atoms with E-state index in [1.807, 2.05) is 32.0 Å². The molecule has 0 saturated carbocycles. The molecule has 0 aliphatic rings. The molecule has 100 valence electrons. The van der Waals surface area contributed by atoms with Crippen molar-refractivity contribution in [1.29, 1.82) is 0 Å². The third-order valence-corrected chi connectivity index (χ3v) is 2.93. The molecule has 18 heavy (non-hydrogen) atoms. The molecule has 0 radical (unpaired) electrons.